The number of benzene rings is 2. The van der Waals surface area contributed by atoms with Gasteiger partial charge >= 0.3 is 0 Å². The Bertz CT molecular complexity index is 1110. The molecule has 0 saturated heterocycles. The molecule has 0 unspecified atom stereocenters. The number of fused-ring (bicyclic) bond motifs is 3. The number of rotatable bonds is 1. The molecule has 2 aromatic rings. The minimum atomic E-state index is 0.127. The standard InChI is InChI=1S/C31H40/c1-19-13-22(30(5,6)7)16-24(19)27-17-23(31(8,9)10)18-28-25-15-21(29(2,3)4)12-11-20(25)14-26(27)28/h11-13,15,17-18H,14,16H2,1-10H3. The summed E-state index contributed by atoms with van der Waals surface area (Å²) in [5, 5.41) is 0. The second-order valence-electron chi connectivity index (χ2n) is 12.9. The molecular weight excluding hydrogens is 372 g/mol. The highest BCUT2D eigenvalue weighted by Gasteiger charge is 2.31. The summed E-state index contributed by atoms with van der Waals surface area (Å²) < 4.78 is 0. The van der Waals surface area contributed by atoms with Gasteiger partial charge in [-0.1, -0.05) is 104 Å². The van der Waals surface area contributed by atoms with Crippen molar-refractivity contribution in [1.82, 2.24) is 0 Å². The molecule has 0 aliphatic heterocycles. The maximum absolute atomic E-state index is 2.51. The first-order chi connectivity index (χ1) is 14.2. The Morgan fingerprint density at radius 2 is 1.19 bits per heavy atom. The number of hydrogen-bond donors (Lipinski definition) is 0. The van der Waals surface area contributed by atoms with Gasteiger partial charge in [0.2, 0.25) is 0 Å². The van der Waals surface area contributed by atoms with Gasteiger partial charge < -0.3 is 0 Å². The molecule has 31 heavy (non-hydrogen) atoms. The Hall–Kier alpha value is -2.08. The van der Waals surface area contributed by atoms with E-state index in [1.54, 1.807) is 5.57 Å². The molecule has 0 atom stereocenters. The zero-order chi connectivity index (χ0) is 22.9. The average molecular weight is 413 g/mol. The van der Waals surface area contributed by atoms with Crippen LogP contribution in [-0.2, 0) is 17.3 Å². The van der Waals surface area contributed by atoms with E-state index in [-0.39, 0.29) is 16.2 Å². The summed E-state index contributed by atoms with van der Waals surface area (Å²) >= 11 is 0. The van der Waals surface area contributed by atoms with Crippen molar-refractivity contribution in [3.63, 3.8) is 0 Å². The van der Waals surface area contributed by atoms with Crippen LogP contribution in [0.25, 0.3) is 16.7 Å². The topological polar surface area (TPSA) is 0 Å². The Labute approximate surface area is 190 Å². The summed E-state index contributed by atoms with van der Waals surface area (Å²) in [4.78, 5) is 0. The normalized spacial score (nSPS) is 16.5. The van der Waals surface area contributed by atoms with E-state index in [0.717, 1.165) is 12.8 Å². The van der Waals surface area contributed by atoms with E-state index in [1.807, 2.05) is 0 Å². The lowest BCUT2D eigenvalue weighted by molar-refractivity contribution is 0.497. The smallest absolute Gasteiger partial charge is 0.000739 e. The van der Waals surface area contributed by atoms with Gasteiger partial charge in [-0.3, -0.25) is 0 Å². The summed E-state index contributed by atoms with van der Waals surface area (Å²) in [6.07, 6.45) is 4.58. The lowest BCUT2D eigenvalue weighted by atomic mass is 9.80. The van der Waals surface area contributed by atoms with E-state index in [4.69, 9.17) is 0 Å². The fourth-order valence-electron chi connectivity index (χ4n) is 4.96. The van der Waals surface area contributed by atoms with Crippen LogP contribution in [0.1, 0.15) is 103 Å². The Kier molecular flexibility index (Phi) is 4.97. The molecule has 0 saturated carbocycles. The maximum atomic E-state index is 2.51. The summed E-state index contributed by atoms with van der Waals surface area (Å²) in [5.41, 5.74) is 15.4. The zero-order valence-corrected chi connectivity index (χ0v) is 21.4. The van der Waals surface area contributed by atoms with Gasteiger partial charge in [0.15, 0.2) is 0 Å². The molecule has 2 aliphatic rings. The van der Waals surface area contributed by atoms with E-state index in [2.05, 4.69) is 106 Å². The van der Waals surface area contributed by atoms with Crippen LogP contribution in [0.15, 0.2) is 47.6 Å². The quantitative estimate of drug-likeness (QED) is 0.374. The molecule has 0 aromatic heterocycles. The van der Waals surface area contributed by atoms with Crippen molar-refractivity contribution in [1.29, 1.82) is 0 Å². The van der Waals surface area contributed by atoms with Crippen molar-refractivity contribution < 1.29 is 0 Å². The molecule has 0 bridgehead atoms. The molecule has 0 N–H and O–H groups in total. The number of hydrogen-bond acceptors (Lipinski definition) is 0. The van der Waals surface area contributed by atoms with Crippen molar-refractivity contribution in [3.8, 4) is 11.1 Å². The van der Waals surface area contributed by atoms with Gasteiger partial charge in [0.25, 0.3) is 0 Å². The Morgan fingerprint density at radius 1 is 0.613 bits per heavy atom. The summed E-state index contributed by atoms with van der Waals surface area (Å²) in [6.45, 7) is 23.3. The third-order valence-electron chi connectivity index (χ3n) is 7.27. The van der Waals surface area contributed by atoms with Crippen molar-refractivity contribution in [2.45, 2.75) is 92.9 Å². The van der Waals surface area contributed by atoms with Crippen molar-refractivity contribution in [2.24, 2.45) is 5.41 Å². The minimum Gasteiger partial charge on any atom is -0.0601 e. The lowest BCUT2D eigenvalue weighted by Gasteiger charge is -2.25. The monoisotopic (exact) mass is 412 g/mol. The first-order valence-corrected chi connectivity index (χ1v) is 11.9. The fraction of sp³-hybridized carbons (Fsp3) is 0.484. The Morgan fingerprint density at radius 3 is 1.74 bits per heavy atom. The first-order valence-electron chi connectivity index (χ1n) is 11.9. The van der Waals surface area contributed by atoms with Crippen LogP contribution in [0, 0.1) is 5.41 Å². The van der Waals surface area contributed by atoms with E-state index in [0.29, 0.717) is 0 Å². The molecular formula is C31H40. The number of allylic oxidation sites excluding steroid dienone is 4. The van der Waals surface area contributed by atoms with Crippen molar-refractivity contribution in [2.75, 3.05) is 0 Å². The van der Waals surface area contributed by atoms with Crippen LogP contribution >= 0.6 is 0 Å². The highest BCUT2D eigenvalue weighted by atomic mass is 14.3. The highest BCUT2D eigenvalue weighted by molar-refractivity contribution is 5.87. The van der Waals surface area contributed by atoms with E-state index in [9.17, 15) is 0 Å². The predicted molar refractivity (Wildman–Crippen MR) is 137 cm³/mol. The molecule has 0 fully saturated rings. The van der Waals surface area contributed by atoms with Gasteiger partial charge in [0, 0.05) is 0 Å². The average Bonchev–Trinajstić information content (AvgIpc) is 3.19. The van der Waals surface area contributed by atoms with Gasteiger partial charge in [0.1, 0.15) is 0 Å². The Balaban J connectivity index is 1.91. The van der Waals surface area contributed by atoms with Crippen LogP contribution in [-0.4, -0.2) is 0 Å². The van der Waals surface area contributed by atoms with Crippen molar-refractivity contribution in [3.05, 3.63) is 75.4 Å². The van der Waals surface area contributed by atoms with Gasteiger partial charge in [-0.25, -0.2) is 0 Å². The summed E-state index contributed by atoms with van der Waals surface area (Å²) in [5.74, 6) is 0. The largest absolute Gasteiger partial charge is 0.0601 e. The highest BCUT2D eigenvalue weighted by Crippen LogP contribution is 2.48. The summed E-state index contributed by atoms with van der Waals surface area (Å²) in [7, 11) is 0. The van der Waals surface area contributed by atoms with Crippen LogP contribution in [0.4, 0.5) is 0 Å². The zero-order valence-electron chi connectivity index (χ0n) is 21.4. The van der Waals surface area contributed by atoms with Crippen molar-refractivity contribution >= 4 is 5.57 Å². The van der Waals surface area contributed by atoms with Gasteiger partial charge in [-0.15, -0.1) is 0 Å². The summed E-state index contributed by atoms with van der Waals surface area (Å²) in [6, 6.07) is 12.2. The van der Waals surface area contributed by atoms with E-state index in [1.165, 1.54) is 50.1 Å². The van der Waals surface area contributed by atoms with Gasteiger partial charge in [-0.2, -0.15) is 0 Å². The molecule has 2 aromatic carbocycles. The molecule has 2 aliphatic carbocycles. The third kappa shape index (κ3) is 3.95. The van der Waals surface area contributed by atoms with Crippen LogP contribution < -0.4 is 0 Å². The molecule has 0 heterocycles. The predicted octanol–water partition coefficient (Wildman–Crippen LogP) is 9.00. The third-order valence-corrected chi connectivity index (χ3v) is 7.27. The van der Waals surface area contributed by atoms with Crippen LogP contribution in [0.5, 0.6) is 0 Å². The van der Waals surface area contributed by atoms with Gasteiger partial charge in [-0.05, 0) is 86.1 Å². The lowest BCUT2D eigenvalue weighted by Crippen LogP contribution is -2.13. The first kappa shape index (κ1) is 22.1. The van der Waals surface area contributed by atoms with E-state index < -0.39 is 0 Å². The SMILES string of the molecule is CC1=C(c2cc(C(C)(C)C)cc3c2Cc2ccc(C(C)(C)C)cc2-3)CC(C(C)(C)C)=C1. The second-order valence-corrected chi connectivity index (χ2v) is 12.9. The van der Waals surface area contributed by atoms with Gasteiger partial charge in [0.05, 0.1) is 0 Å². The van der Waals surface area contributed by atoms with Crippen LogP contribution in [0.3, 0.4) is 0 Å². The fourth-order valence-corrected chi connectivity index (χ4v) is 4.96. The molecule has 0 amide bonds. The molecule has 0 nitrogen and oxygen atoms in total. The molecule has 4 rings (SSSR count). The molecule has 0 spiro atoms. The molecule has 164 valence electrons. The molecule has 0 radical (unpaired) electrons. The van der Waals surface area contributed by atoms with Crippen LogP contribution in [0.2, 0.25) is 0 Å². The molecule has 0 heteroatoms. The second kappa shape index (κ2) is 6.96. The van der Waals surface area contributed by atoms with E-state index >= 15 is 0 Å². The maximum Gasteiger partial charge on any atom is -0.000739 e. The minimum absolute atomic E-state index is 0.127.